The molecule has 1 aliphatic heterocycles. The zero-order valence-corrected chi connectivity index (χ0v) is 12.4. The first-order valence-corrected chi connectivity index (χ1v) is 7.74. The van der Waals surface area contributed by atoms with Crippen LogP contribution in [0.25, 0.3) is 0 Å². The molecule has 1 saturated heterocycles. The van der Waals surface area contributed by atoms with Crippen LogP contribution in [0.3, 0.4) is 0 Å². The topological polar surface area (TPSA) is 60.9 Å². The number of carbonyl (C=O) groups excluding carboxylic acids is 1. The van der Waals surface area contributed by atoms with E-state index in [1.807, 2.05) is 17.5 Å². The third kappa shape index (κ3) is 3.50. The number of likely N-dealkylation sites (tertiary alicyclic amines) is 1. The van der Waals surface area contributed by atoms with Crippen LogP contribution >= 0.6 is 11.3 Å². The second kappa shape index (κ2) is 6.74. The number of carboxylic acid groups (broad SMARTS) is 1. The number of thiophene rings is 1. The van der Waals surface area contributed by atoms with E-state index in [0.29, 0.717) is 19.5 Å². The standard InChI is InChI=1S/C14H20N2O3S/c1-15(9-7-11-5-4-10-20-11)14(19)16-8-3-2-6-12(16)13(17)18/h4-5,10,12H,2-3,6-9H2,1H3,(H,17,18). The van der Waals surface area contributed by atoms with Gasteiger partial charge >= 0.3 is 12.0 Å². The zero-order valence-electron chi connectivity index (χ0n) is 11.6. The van der Waals surface area contributed by atoms with Gasteiger partial charge in [0.15, 0.2) is 0 Å². The van der Waals surface area contributed by atoms with E-state index >= 15 is 0 Å². The van der Waals surface area contributed by atoms with Crippen LogP contribution in [0, 0.1) is 0 Å². The Labute approximate surface area is 122 Å². The molecule has 1 unspecified atom stereocenters. The Balaban J connectivity index is 1.92. The lowest BCUT2D eigenvalue weighted by Crippen LogP contribution is -2.52. The van der Waals surface area contributed by atoms with Crippen LogP contribution in [0.5, 0.6) is 0 Å². The number of aliphatic carboxylic acids is 1. The number of likely N-dealkylation sites (N-methyl/N-ethyl adjacent to an activating group) is 1. The summed E-state index contributed by atoms with van der Waals surface area (Å²) < 4.78 is 0. The Morgan fingerprint density at radius 3 is 2.95 bits per heavy atom. The highest BCUT2D eigenvalue weighted by molar-refractivity contribution is 7.09. The first kappa shape index (κ1) is 14.8. The fraction of sp³-hybridized carbons (Fsp3) is 0.571. The molecule has 0 bridgehead atoms. The lowest BCUT2D eigenvalue weighted by Gasteiger charge is -2.35. The van der Waals surface area contributed by atoms with Crippen molar-refractivity contribution in [3.8, 4) is 0 Å². The van der Waals surface area contributed by atoms with E-state index in [9.17, 15) is 14.7 Å². The molecule has 2 heterocycles. The average molecular weight is 296 g/mol. The smallest absolute Gasteiger partial charge is 0.326 e. The third-order valence-corrected chi connectivity index (χ3v) is 4.57. The van der Waals surface area contributed by atoms with Crippen molar-refractivity contribution in [1.29, 1.82) is 0 Å². The first-order chi connectivity index (χ1) is 9.59. The fourth-order valence-electron chi connectivity index (χ4n) is 2.46. The second-order valence-electron chi connectivity index (χ2n) is 5.08. The van der Waals surface area contributed by atoms with Gasteiger partial charge in [0.25, 0.3) is 0 Å². The molecule has 1 aromatic rings. The summed E-state index contributed by atoms with van der Waals surface area (Å²) in [4.78, 5) is 28.0. The Bertz CT molecular complexity index is 461. The van der Waals surface area contributed by atoms with Gasteiger partial charge in [-0.15, -0.1) is 11.3 Å². The molecule has 20 heavy (non-hydrogen) atoms. The van der Waals surface area contributed by atoms with Gasteiger partial charge in [-0.25, -0.2) is 9.59 Å². The Hall–Kier alpha value is -1.56. The number of piperidine rings is 1. The molecular formula is C14H20N2O3S. The van der Waals surface area contributed by atoms with Crippen molar-refractivity contribution >= 4 is 23.3 Å². The summed E-state index contributed by atoms with van der Waals surface area (Å²) in [5.41, 5.74) is 0. The summed E-state index contributed by atoms with van der Waals surface area (Å²) >= 11 is 1.67. The van der Waals surface area contributed by atoms with E-state index in [2.05, 4.69) is 0 Å². The van der Waals surface area contributed by atoms with Gasteiger partial charge in [0.05, 0.1) is 0 Å². The predicted molar refractivity (Wildman–Crippen MR) is 78.0 cm³/mol. The summed E-state index contributed by atoms with van der Waals surface area (Å²) in [6.07, 6.45) is 3.12. The number of hydrogen-bond acceptors (Lipinski definition) is 3. The average Bonchev–Trinajstić information content (AvgIpc) is 2.97. The van der Waals surface area contributed by atoms with Gasteiger partial charge < -0.3 is 14.9 Å². The van der Waals surface area contributed by atoms with Crippen molar-refractivity contribution < 1.29 is 14.7 Å². The van der Waals surface area contributed by atoms with Gasteiger partial charge in [-0.2, -0.15) is 0 Å². The molecule has 110 valence electrons. The normalized spacial score (nSPS) is 18.9. The summed E-state index contributed by atoms with van der Waals surface area (Å²) in [6, 6.07) is 3.20. The number of urea groups is 1. The van der Waals surface area contributed by atoms with E-state index < -0.39 is 12.0 Å². The summed E-state index contributed by atoms with van der Waals surface area (Å²) in [6.45, 7) is 1.15. The molecule has 1 fully saturated rings. The van der Waals surface area contributed by atoms with Gasteiger partial charge in [-0.05, 0) is 37.1 Å². The van der Waals surface area contributed by atoms with Crippen LogP contribution in [-0.2, 0) is 11.2 Å². The zero-order chi connectivity index (χ0) is 14.5. The van der Waals surface area contributed by atoms with Crippen LogP contribution in [-0.4, -0.2) is 53.1 Å². The number of carbonyl (C=O) groups is 2. The Morgan fingerprint density at radius 2 is 2.30 bits per heavy atom. The predicted octanol–water partition coefficient (Wildman–Crippen LogP) is 2.28. The minimum Gasteiger partial charge on any atom is -0.480 e. The summed E-state index contributed by atoms with van der Waals surface area (Å²) in [5.74, 6) is -0.898. The summed E-state index contributed by atoms with van der Waals surface area (Å²) in [7, 11) is 1.74. The first-order valence-electron chi connectivity index (χ1n) is 6.86. The van der Waals surface area contributed by atoms with Crippen LogP contribution < -0.4 is 0 Å². The Morgan fingerprint density at radius 1 is 1.50 bits per heavy atom. The van der Waals surface area contributed by atoms with Crippen molar-refractivity contribution in [2.24, 2.45) is 0 Å². The van der Waals surface area contributed by atoms with Gasteiger partial charge in [0.1, 0.15) is 6.04 Å². The molecule has 5 nitrogen and oxygen atoms in total. The maximum atomic E-state index is 12.4. The lowest BCUT2D eigenvalue weighted by atomic mass is 10.0. The molecule has 1 N–H and O–H groups in total. The Kier molecular flexibility index (Phi) is 5.00. The van der Waals surface area contributed by atoms with Crippen LogP contribution in [0.15, 0.2) is 17.5 Å². The van der Waals surface area contributed by atoms with Crippen molar-refractivity contribution in [1.82, 2.24) is 9.80 Å². The van der Waals surface area contributed by atoms with Gasteiger partial charge in [-0.1, -0.05) is 6.07 Å². The van der Waals surface area contributed by atoms with Crippen molar-refractivity contribution in [3.05, 3.63) is 22.4 Å². The molecule has 2 amide bonds. The highest BCUT2D eigenvalue weighted by Crippen LogP contribution is 2.19. The second-order valence-corrected chi connectivity index (χ2v) is 6.11. The minimum absolute atomic E-state index is 0.173. The van der Waals surface area contributed by atoms with Crippen LogP contribution in [0.4, 0.5) is 4.79 Å². The molecule has 2 rings (SSSR count). The SMILES string of the molecule is CN(CCc1cccs1)C(=O)N1CCCCC1C(=O)O. The number of amides is 2. The van der Waals surface area contributed by atoms with Crippen molar-refractivity contribution in [3.63, 3.8) is 0 Å². The maximum Gasteiger partial charge on any atom is 0.326 e. The quantitative estimate of drug-likeness (QED) is 0.927. The number of carboxylic acids is 1. The molecule has 0 radical (unpaired) electrons. The van der Waals surface area contributed by atoms with Gasteiger partial charge in [0, 0.05) is 25.0 Å². The van der Waals surface area contributed by atoms with Crippen LogP contribution in [0.2, 0.25) is 0 Å². The third-order valence-electron chi connectivity index (χ3n) is 3.63. The molecule has 0 aromatic carbocycles. The molecule has 6 heteroatoms. The van der Waals surface area contributed by atoms with E-state index in [-0.39, 0.29) is 6.03 Å². The maximum absolute atomic E-state index is 12.4. The van der Waals surface area contributed by atoms with E-state index in [1.165, 1.54) is 9.78 Å². The monoisotopic (exact) mass is 296 g/mol. The van der Waals surface area contributed by atoms with E-state index in [4.69, 9.17) is 0 Å². The molecular weight excluding hydrogens is 276 g/mol. The number of nitrogens with zero attached hydrogens (tertiary/aromatic N) is 2. The molecule has 0 saturated carbocycles. The molecule has 0 aliphatic carbocycles. The van der Waals surface area contributed by atoms with Crippen molar-refractivity contribution in [2.45, 2.75) is 31.7 Å². The fourth-order valence-corrected chi connectivity index (χ4v) is 3.16. The largest absolute Gasteiger partial charge is 0.480 e. The van der Waals surface area contributed by atoms with Gasteiger partial charge in [-0.3, -0.25) is 0 Å². The molecule has 1 atom stereocenters. The van der Waals surface area contributed by atoms with Crippen LogP contribution in [0.1, 0.15) is 24.1 Å². The number of rotatable bonds is 4. The lowest BCUT2D eigenvalue weighted by molar-refractivity contribution is -0.143. The molecule has 1 aliphatic rings. The molecule has 0 spiro atoms. The van der Waals surface area contributed by atoms with E-state index in [1.54, 1.807) is 23.3 Å². The minimum atomic E-state index is -0.898. The highest BCUT2D eigenvalue weighted by atomic mass is 32.1. The van der Waals surface area contributed by atoms with Crippen molar-refractivity contribution in [2.75, 3.05) is 20.1 Å². The molecule has 1 aromatic heterocycles. The highest BCUT2D eigenvalue weighted by Gasteiger charge is 2.33. The van der Waals surface area contributed by atoms with Gasteiger partial charge in [0.2, 0.25) is 0 Å². The summed E-state index contributed by atoms with van der Waals surface area (Å²) in [5, 5.41) is 11.2. The number of hydrogen-bond donors (Lipinski definition) is 1. The van der Waals surface area contributed by atoms with E-state index in [0.717, 1.165) is 19.3 Å².